The monoisotopic (exact) mass is 665 g/mol. The molecule has 4 heteroatoms. The van der Waals surface area contributed by atoms with Crippen molar-refractivity contribution in [3.63, 3.8) is 0 Å². The van der Waals surface area contributed by atoms with Crippen LogP contribution in [0.15, 0.2) is 192 Å². The van der Waals surface area contributed by atoms with E-state index in [2.05, 4.69) is 202 Å². The van der Waals surface area contributed by atoms with E-state index in [9.17, 15) is 0 Å². The lowest BCUT2D eigenvalue weighted by atomic mass is 10.1. The van der Waals surface area contributed by atoms with Gasteiger partial charge in [-0.3, -0.25) is 0 Å². The minimum atomic E-state index is 0.867. The first-order valence-electron chi connectivity index (χ1n) is 17.7. The minimum absolute atomic E-state index is 0.867. The van der Waals surface area contributed by atoms with Crippen molar-refractivity contribution in [2.75, 3.05) is 4.90 Å². The molecule has 244 valence electrons. The van der Waals surface area contributed by atoms with Crippen LogP contribution < -0.4 is 4.90 Å². The van der Waals surface area contributed by atoms with E-state index in [1.807, 2.05) is 0 Å². The summed E-state index contributed by atoms with van der Waals surface area (Å²) in [4.78, 5) is 2.30. The molecule has 11 rings (SSSR count). The third kappa shape index (κ3) is 4.21. The van der Waals surface area contributed by atoms with Gasteiger partial charge in [0.15, 0.2) is 0 Å². The van der Waals surface area contributed by atoms with E-state index in [0.717, 1.165) is 72.2 Å². The van der Waals surface area contributed by atoms with Crippen molar-refractivity contribution in [2.45, 2.75) is 0 Å². The Bertz CT molecular complexity index is 3020. The highest BCUT2D eigenvalue weighted by Crippen LogP contribution is 2.44. The fourth-order valence-electron chi connectivity index (χ4n) is 8.25. The molecule has 52 heavy (non-hydrogen) atoms. The summed E-state index contributed by atoms with van der Waals surface area (Å²) in [5, 5.41) is 6.95. The zero-order chi connectivity index (χ0) is 34.2. The SMILES string of the molecule is c1ccc(N(c2ccccc2)c2ccc3oc4c(ccc5c4c4cc(-n6c7ccccc7c7ccccc76)ccc4n5-c4ccccc4)c3c2)cc1. The quantitative estimate of drug-likeness (QED) is 0.183. The van der Waals surface area contributed by atoms with Crippen LogP contribution in [-0.4, -0.2) is 9.13 Å². The number of hydrogen-bond acceptors (Lipinski definition) is 2. The number of anilines is 3. The molecule has 3 heterocycles. The van der Waals surface area contributed by atoms with Crippen LogP contribution in [0.5, 0.6) is 0 Å². The van der Waals surface area contributed by atoms with Crippen LogP contribution >= 0.6 is 0 Å². The standard InChI is InChI=1S/C48H31N3O/c1-4-14-32(15-5-1)49(33-16-6-2-7-17-33)35-25-29-46-40(30-35)39-26-28-45-47(48(39)52-46)41-31-36(24-27-44(41)50(45)34-18-8-3-9-19-34)51-42-22-12-10-20-37(42)38-21-11-13-23-43(38)51/h1-31H. The van der Waals surface area contributed by atoms with Gasteiger partial charge >= 0.3 is 0 Å². The molecule has 0 aliphatic heterocycles. The Hall–Kier alpha value is -7.04. The zero-order valence-electron chi connectivity index (χ0n) is 28.1. The molecule has 0 amide bonds. The van der Waals surface area contributed by atoms with E-state index in [4.69, 9.17) is 4.42 Å². The van der Waals surface area contributed by atoms with Gasteiger partial charge in [-0.05, 0) is 97.1 Å². The van der Waals surface area contributed by atoms with Crippen molar-refractivity contribution in [1.82, 2.24) is 9.13 Å². The Kier molecular flexibility index (Phi) is 6.22. The first kappa shape index (κ1) is 28.8. The molecule has 0 fully saturated rings. The average molecular weight is 666 g/mol. The Labute approximate surface area is 299 Å². The molecule has 0 aliphatic rings. The van der Waals surface area contributed by atoms with Crippen molar-refractivity contribution in [2.24, 2.45) is 0 Å². The number of benzene rings is 8. The Morgan fingerprint density at radius 3 is 1.58 bits per heavy atom. The van der Waals surface area contributed by atoms with E-state index in [1.165, 1.54) is 21.8 Å². The van der Waals surface area contributed by atoms with Gasteiger partial charge in [0.1, 0.15) is 11.2 Å². The average Bonchev–Trinajstić information content (AvgIpc) is 3.86. The van der Waals surface area contributed by atoms with Crippen LogP contribution in [0.2, 0.25) is 0 Å². The Balaban J connectivity index is 1.20. The molecular weight excluding hydrogens is 635 g/mol. The molecule has 8 aromatic carbocycles. The maximum Gasteiger partial charge on any atom is 0.145 e. The van der Waals surface area contributed by atoms with E-state index in [-0.39, 0.29) is 0 Å². The Morgan fingerprint density at radius 1 is 0.346 bits per heavy atom. The molecular formula is C48H31N3O. The normalized spacial score (nSPS) is 11.8. The molecule has 0 saturated carbocycles. The smallest absolute Gasteiger partial charge is 0.145 e. The highest BCUT2D eigenvalue weighted by atomic mass is 16.3. The van der Waals surface area contributed by atoms with Gasteiger partial charge in [0.25, 0.3) is 0 Å². The van der Waals surface area contributed by atoms with Gasteiger partial charge < -0.3 is 18.5 Å². The van der Waals surface area contributed by atoms with Gasteiger partial charge in [-0.25, -0.2) is 0 Å². The van der Waals surface area contributed by atoms with Crippen molar-refractivity contribution >= 4 is 82.6 Å². The predicted molar refractivity (Wildman–Crippen MR) is 217 cm³/mol. The summed E-state index contributed by atoms with van der Waals surface area (Å²) < 4.78 is 11.7. The zero-order valence-corrected chi connectivity index (χ0v) is 28.1. The molecule has 3 aromatic heterocycles. The van der Waals surface area contributed by atoms with Crippen molar-refractivity contribution < 1.29 is 4.42 Å². The molecule has 0 N–H and O–H groups in total. The van der Waals surface area contributed by atoms with Gasteiger partial charge in [-0.15, -0.1) is 0 Å². The number of para-hydroxylation sites is 5. The summed E-state index contributed by atoms with van der Waals surface area (Å²) in [6.07, 6.45) is 0. The third-order valence-electron chi connectivity index (χ3n) is 10.5. The van der Waals surface area contributed by atoms with Crippen molar-refractivity contribution in [3.8, 4) is 11.4 Å². The van der Waals surface area contributed by atoms with Crippen LogP contribution in [0.1, 0.15) is 0 Å². The number of aromatic nitrogens is 2. The fourth-order valence-corrected chi connectivity index (χ4v) is 8.25. The molecule has 0 bridgehead atoms. The molecule has 0 aliphatic carbocycles. The number of nitrogens with zero attached hydrogens (tertiary/aromatic N) is 3. The summed E-state index contributed by atoms with van der Waals surface area (Å²) in [5.74, 6) is 0. The van der Waals surface area contributed by atoms with E-state index in [1.54, 1.807) is 0 Å². The fraction of sp³-hybridized carbons (Fsp3) is 0. The van der Waals surface area contributed by atoms with E-state index >= 15 is 0 Å². The highest BCUT2D eigenvalue weighted by Gasteiger charge is 2.22. The number of furan rings is 1. The van der Waals surface area contributed by atoms with Crippen LogP contribution in [0.3, 0.4) is 0 Å². The minimum Gasteiger partial charge on any atom is -0.455 e. The summed E-state index contributed by atoms with van der Waals surface area (Å²) >= 11 is 0. The van der Waals surface area contributed by atoms with Gasteiger partial charge in [0.05, 0.1) is 27.5 Å². The third-order valence-corrected chi connectivity index (χ3v) is 10.5. The van der Waals surface area contributed by atoms with Gasteiger partial charge in [-0.1, -0.05) is 91.0 Å². The highest BCUT2D eigenvalue weighted by molar-refractivity contribution is 6.24. The summed E-state index contributed by atoms with van der Waals surface area (Å²) in [5.41, 5.74) is 11.9. The van der Waals surface area contributed by atoms with Gasteiger partial charge in [-0.2, -0.15) is 0 Å². The molecule has 4 nitrogen and oxygen atoms in total. The van der Waals surface area contributed by atoms with Gasteiger partial charge in [0, 0.05) is 55.4 Å². The van der Waals surface area contributed by atoms with Crippen molar-refractivity contribution in [3.05, 3.63) is 188 Å². The summed E-state index contributed by atoms with van der Waals surface area (Å²) in [6.45, 7) is 0. The first-order chi connectivity index (χ1) is 25.8. The Morgan fingerprint density at radius 2 is 0.904 bits per heavy atom. The molecule has 0 saturated heterocycles. The number of rotatable bonds is 5. The maximum absolute atomic E-state index is 6.90. The molecule has 0 spiro atoms. The van der Waals surface area contributed by atoms with Crippen LogP contribution in [-0.2, 0) is 0 Å². The molecule has 0 unspecified atom stereocenters. The largest absolute Gasteiger partial charge is 0.455 e. The van der Waals surface area contributed by atoms with Crippen LogP contribution in [0.25, 0.3) is 76.9 Å². The first-order valence-corrected chi connectivity index (χ1v) is 17.7. The summed E-state index contributed by atoms with van der Waals surface area (Å²) in [6, 6.07) is 67.0. The summed E-state index contributed by atoms with van der Waals surface area (Å²) in [7, 11) is 0. The second kappa shape index (κ2) is 11.2. The lowest BCUT2D eigenvalue weighted by molar-refractivity contribution is 0.673. The second-order valence-electron chi connectivity index (χ2n) is 13.4. The lowest BCUT2D eigenvalue weighted by Crippen LogP contribution is -2.09. The predicted octanol–water partition coefficient (Wildman–Crippen LogP) is 13.2. The topological polar surface area (TPSA) is 26.2 Å². The van der Waals surface area contributed by atoms with Crippen molar-refractivity contribution in [1.29, 1.82) is 0 Å². The van der Waals surface area contributed by atoms with Gasteiger partial charge in [0.2, 0.25) is 0 Å². The van der Waals surface area contributed by atoms with E-state index in [0.29, 0.717) is 0 Å². The van der Waals surface area contributed by atoms with Crippen LogP contribution in [0.4, 0.5) is 17.1 Å². The second-order valence-corrected chi connectivity index (χ2v) is 13.4. The maximum atomic E-state index is 6.90. The van der Waals surface area contributed by atoms with Crippen LogP contribution in [0, 0.1) is 0 Å². The molecule has 0 radical (unpaired) electrons. The molecule has 0 atom stereocenters. The molecule has 11 aromatic rings. The number of fused-ring (bicyclic) bond motifs is 10. The lowest BCUT2D eigenvalue weighted by Gasteiger charge is -2.25. The number of hydrogen-bond donors (Lipinski definition) is 0. The van der Waals surface area contributed by atoms with E-state index < -0.39 is 0 Å².